The zero-order valence-corrected chi connectivity index (χ0v) is 15.5. The summed E-state index contributed by atoms with van der Waals surface area (Å²) in [7, 11) is 1.36. The molecule has 0 radical (unpaired) electrons. The molecule has 0 aliphatic rings. The van der Waals surface area contributed by atoms with Crippen molar-refractivity contribution in [2.75, 3.05) is 12.3 Å². The summed E-state index contributed by atoms with van der Waals surface area (Å²) in [4.78, 5) is 15.5. The first-order valence-electron chi connectivity index (χ1n) is 8.02. The summed E-state index contributed by atoms with van der Waals surface area (Å²) in [5, 5.41) is 12.6. The monoisotopic (exact) mass is 406 g/mol. The van der Waals surface area contributed by atoms with E-state index in [1.54, 1.807) is 24.3 Å². The van der Waals surface area contributed by atoms with Gasteiger partial charge in [0.25, 0.3) is 0 Å². The number of nitrogen functional groups attached to an aromatic ring is 1. The van der Waals surface area contributed by atoms with Crippen LogP contribution in [0.4, 0.5) is 18.9 Å². The Hall–Kier alpha value is -2.26. The highest BCUT2D eigenvalue weighted by atomic mass is 35.5. The van der Waals surface area contributed by atoms with Crippen LogP contribution in [0.1, 0.15) is 24.2 Å². The van der Waals surface area contributed by atoms with E-state index in [2.05, 4.69) is 10.3 Å². The van der Waals surface area contributed by atoms with Gasteiger partial charge in [0.05, 0.1) is 0 Å². The summed E-state index contributed by atoms with van der Waals surface area (Å²) >= 11 is 0. The second-order valence-corrected chi connectivity index (χ2v) is 6.02. The highest BCUT2D eigenvalue weighted by molar-refractivity contribution is 5.85. The predicted octanol–water partition coefficient (Wildman–Crippen LogP) is 2.31. The number of alkyl halides is 3. The number of nitrogens with two attached hydrogens (primary N) is 1. The van der Waals surface area contributed by atoms with Crippen LogP contribution in [0, 0.1) is 0 Å². The lowest BCUT2D eigenvalue weighted by atomic mass is 9.97. The summed E-state index contributed by atoms with van der Waals surface area (Å²) in [5.74, 6) is -0.936. The number of para-hydroxylation sites is 1. The summed E-state index contributed by atoms with van der Waals surface area (Å²) in [5.41, 5.74) is 4.00. The van der Waals surface area contributed by atoms with E-state index in [1.165, 1.54) is 19.4 Å². The van der Waals surface area contributed by atoms with Gasteiger partial charge in [0, 0.05) is 44.5 Å². The Kier molecular flexibility index (Phi) is 7.67. The number of carbonyl (C=O) groups excluding carboxylic acids is 1. The van der Waals surface area contributed by atoms with Crippen molar-refractivity contribution in [3.63, 3.8) is 0 Å². The molecule has 0 saturated heterocycles. The lowest BCUT2D eigenvalue weighted by molar-refractivity contribution is -0.272. The maximum atomic E-state index is 13.4. The molecule has 0 aliphatic heterocycles. The topological polar surface area (TPSA) is 93.2 Å². The third-order valence-electron chi connectivity index (χ3n) is 4.15. The summed E-state index contributed by atoms with van der Waals surface area (Å²) in [6.07, 6.45) is -2.71. The predicted molar refractivity (Wildman–Crippen MR) is 97.2 cm³/mol. The van der Waals surface area contributed by atoms with E-state index in [-0.39, 0.29) is 25.4 Å². The highest BCUT2D eigenvalue weighted by Gasteiger charge is 2.57. The Balaban J connectivity index is 0.00000364. The SMILES string of the molecule is Cl.Cn1ccnc1C(O)(CCNC(=O)CCc1ccccc1N)C(F)(F)F. The van der Waals surface area contributed by atoms with Gasteiger partial charge in [-0.2, -0.15) is 13.2 Å². The highest BCUT2D eigenvalue weighted by Crippen LogP contribution is 2.40. The molecule has 0 aliphatic carbocycles. The molecule has 150 valence electrons. The Morgan fingerprint density at radius 3 is 2.56 bits per heavy atom. The minimum Gasteiger partial charge on any atom is -0.399 e. The van der Waals surface area contributed by atoms with Crippen LogP contribution in [-0.2, 0) is 23.9 Å². The number of anilines is 1. The largest absolute Gasteiger partial charge is 0.424 e. The number of benzene rings is 1. The molecule has 2 aromatic rings. The second kappa shape index (κ2) is 9.09. The lowest BCUT2D eigenvalue weighted by Gasteiger charge is -2.30. The number of carbonyl (C=O) groups is 1. The normalized spacial score (nSPS) is 13.5. The van der Waals surface area contributed by atoms with Crippen molar-refractivity contribution < 1.29 is 23.1 Å². The van der Waals surface area contributed by atoms with E-state index in [0.717, 1.165) is 10.1 Å². The number of amides is 1. The number of nitrogens with one attached hydrogen (secondary N) is 1. The van der Waals surface area contributed by atoms with Crippen LogP contribution in [-0.4, -0.2) is 33.3 Å². The number of imidazole rings is 1. The van der Waals surface area contributed by atoms with Crippen molar-refractivity contribution in [1.29, 1.82) is 0 Å². The van der Waals surface area contributed by atoms with Crippen LogP contribution in [0.5, 0.6) is 0 Å². The van der Waals surface area contributed by atoms with E-state index in [9.17, 15) is 23.1 Å². The fraction of sp³-hybridized carbons (Fsp3) is 0.412. The maximum absolute atomic E-state index is 13.4. The van der Waals surface area contributed by atoms with Gasteiger partial charge >= 0.3 is 6.18 Å². The molecule has 2 rings (SSSR count). The number of nitrogens with zero attached hydrogens (tertiary/aromatic N) is 2. The molecule has 1 unspecified atom stereocenters. The van der Waals surface area contributed by atoms with Gasteiger partial charge in [0.15, 0.2) is 0 Å². The van der Waals surface area contributed by atoms with Crippen LogP contribution in [0.2, 0.25) is 0 Å². The Bertz CT molecular complexity index is 767. The van der Waals surface area contributed by atoms with Crippen LogP contribution < -0.4 is 11.1 Å². The van der Waals surface area contributed by atoms with E-state index in [1.807, 2.05) is 0 Å². The fourth-order valence-corrected chi connectivity index (χ4v) is 2.63. The zero-order valence-electron chi connectivity index (χ0n) is 14.7. The number of hydrogen-bond donors (Lipinski definition) is 3. The van der Waals surface area contributed by atoms with Crippen molar-refractivity contribution in [1.82, 2.24) is 14.9 Å². The van der Waals surface area contributed by atoms with Crippen molar-refractivity contribution in [3.05, 3.63) is 48.0 Å². The van der Waals surface area contributed by atoms with Gasteiger partial charge < -0.3 is 20.7 Å². The van der Waals surface area contributed by atoms with E-state index < -0.39 is 29.9 Å². The number of hydrogen-bond acceptors (Lipinski definition) is 4. The molecular formula is C17H22ClF3N4O2. The second-order valence-electron chi connectivity index (χ2n) is 6.02. The summed E-state index contributed by atoms with van der Waals surface area (Å²) in [6.45, 7) is -0.341. The molecule has 4 N–H and O–H groups in total. The minimum atomic E-state index is -4.92. The van der Waals surface area contributed by atoms with Gasteiger partial charge in [-0.3, -0.25) is 4.79 Å². The number of halogens is 4. The molecule has 0 saturated carbocycles. The molecule has 0 spiro atoms. The van der Waals surface area contributed by atoms with Crippen LogP contribution >= 0.6 is 12.4 Å². The van der Waals surface area contributed by atoms with Crippen LogP contribution in [0.25, 0.3) is 0 Å². The molecule has 0 fully saturated rings. The summed E-state index contributed by atoms with van der Waals surface area (Å²) in [6, 6.07) is 7.06. The zero-order chi connectivity index (χ0) is 19.4. The molecule has 1 amide bonds. The molecule has 27 heavy (non-hydrogen) atoms. The average Bonchev–Trinajstić information content (AvgIpc) is 2.99. The molecule has 1 aromatic heterocycles. The first-order valence-corrected chi connectivity index (χ1v) is 8.02. The van der Waals surface area contributed by atoms with E-state index in [4.69, 9.17) is 5.73 Å². The Labute approximate surface area is 161 Å². The van der Waals surface area contributed by atoms with Crippen molar-refractivity contribution in [2.45, 2.75) is 31.0 Å². The van der Waals surface area contributed by atoms with Gasteiger partial charge in [-0.1, -0.05) is 18.2 Å². The molecule has 10 heteroatoms. The van der Waals surface area contributed by atoms with Crippen molar-refractivity contribution in [2.24, 2.45) is 7.05 Å². The minimum absolute atomic E-state index is 0. The molecule has 1 aromatic carbocycles. The number of aryl methyl sites for hydroxylation is 2. The smallest absolute Gasteiger partial charge is 0.399 e. The van der Waals surface area contributed by atoms with Crippen molar-refractivity contribution >= 4 is 24.0 Å². The van der Waals surface area contributed by atoms with Gasteiger partial charge in [-0.25, -0.2) is 4.98 Å². The maximum Gasteiger partial charge on any atom is 0.424 e. The first kappa shape index (κ1) is 22.8. The third kappa shape index (κ3) is 5.36. The molecule has 6 nitrogen and oxygen atoms in total. The molecule has 0 bridgehead atoms. The fourth-order valence-electron chi connectivity index (χ4n) is 2.63. The average molecular weight is 407 g/mol. The number of aliphatic hydroxyl groups is 1. The van der Waals surface area contributed by atoms with E-state index in [0.29, 0.717) is 12.1 Å². The number of rotatable bonds is 7. The van der Waals surface area contributed by atoms with Crippen LogP contribution in [0.3, 0.4) is 0 Å². The van der Waals surface area contributed by atoms with Gasteiger partial charge in [-0.15, -0.1) is 12.4 Å². The first-order chi connectivity index (χ1) is 12.1. The quantitative estimate of drug-likeness (QED) is 0.615. The Morgan fingerprint density at radius 1 is 1.33 bits per heavy atom. The Morgan fingerprint density at radius 2 is 2.00 bits per heavy atom. The number of aromatic nitrogens is 2. The standard InChI is InChI=1S/C17H21F3N4O2.ClH/c1-24-11-10-23-15(24)16(26,17(18,19)20)8-9-22-14(25)7-6-12-4-2-3-5-13(12)21;/h2-5,10-11,26H,6-9,21H2,1H3,(H,22,25);1H. The third-order valence-corrected chi connectivity index (χ3v) is 4.15. The van der Waals surface area contributed by atoms with E-state index >= 15 is 0 Å². The summed E-state index contributed by atoms with van der Waals surface area (Å²) < 4.78 is 41.2. The van der Waals surface area contributed by atoms with Gasteiger partial charge in [-0.05, 0) is 18.1 Å². The molecule has 1 heterocycles. The van der Waals surface area contributed by atoms with Gasteiger partial charge in [0.1, 0.15) is 5.82 Å². The van der Waals surface area contributed by atoms with Crippen LogP contribution in [0.15, 0.2) is 36.7 Å². The van der Waals surface area contributed by atoms with Crippen molar-refractivity contribution in [3.8, 4) is 0 Å². The lowest BCUT2D eigenvalue weighted by Crippen LogP contribution is -2.46. The van der Waals surface area contributed by atoms with Gasteiger partial charge in [0.2, 0.25) is 11.5 Å². The molecular weight excluding hydrogens is 385 g/mol. The molecule has 1 atom stereocenters.